The molecule has 0 bridgehead atoms. The second-order valence-corrected chi connectivity index (χ2v) is 6.94. The molecular weight excluding hydrogens is 226 g/mol. The molecular formula is C11H21NO3S. The quantitative estimate of drug-likeness (QED) is 0.752. The highest BCUT2D eigenvalue weighted by Gasteiger charge is 2.27. The molecule has 1 heterocycles. The third kappa shape index (κ3) is 3.87. The Kier molecular flexibility index (Phi) is 4.50. The van der Waals surface area contributed by atoms with Crippen molar-refractivity contribution >= 4 is 15.8 Å². The highest BCUT2D eigenvalue weighted by Crippen LogP contribution is 2.22. The van der Waals surface area contributed by atoms with Crippen LogP contribution in [-0.2, 0) is 14.8 Å². The molecule has 0 saturated carbocycles. The topological polar surface area (TPSA) is 54.5 Å². The molecule has 0 amide bonds. The van der Waals surface area contributed by atoms with Gasteiger partial charge in [0.25, 0.3) is 0 Å². The molecule has 4 nitrogen and oxygen atoms in total. The summed E-state index contributed by atoms with van der Waals surface area (Å²) in [6.07, 6.45) is 3.58. The van der Waals surface area contributed by atoms with E-state index in [1.807, 2.05) is 13.8 Å². The van der Waals surface area contributed by atoms with Crippen molar-refractivity contribution in [3.63, 3.8) is 0 Å². The van der Waals surface area contributed by atoms with Crippen molar-refractivity contribution in [1.82, 2.24) is 4.31 Å². The normalized spacial score (nSPS) is 23.6. The Balaban J connectivity index is 2.55. The summed E-state index contributed by atoms with van der Waals surface area (Å²) in [5, 5.41) is 0. The Morgan fingerprint density at radius 3 is 2.56 bits per heavy atom. The molecule has 16 heavy (non-hydrogen) atoms. The van der Waals surface area contributed by atoms with E-state index >= 15 is 0 Å². The maximum atomic E-state index is 11.6. The van der Waals surface area contributed by atoms with Crippen LogP contribution in [0, 0.1) is 11.8 Å². The minimum atomic E-state index is -3.09. The number of rotatable bonds is 4. The van der Waals surface area contributed by atoms with Gasteiger partial charge in [0, 0.05) is 25.4 Å². The van der Waals surface area contributed by atoms with E-state index in [1.165, 1.54) is 10.6 Å². The van der Waals surface area contributed by atoms with Gasteiger partial charge in [-0.05, 0) is 18.8 Å². The first-order valence-electron chi connectivity index (χ1n) is 5.78. The van der Waals surface area contributed by atoms with E-state index in [9.17, 15) is 13.2 Å². The van der Waals surface area contributed by atoms with Crippen molar-refractivity contribution in [1.29, 1.82) is 0 Å². The molecule has 0 spiro atoms. The number of carbonyl (C=O) groups excluding carboxylic acids is 1. The number of hydrogen-bond acceptors (Lipinski definition) is 3. The lowest BCUT2D eigenvalue weighted by Crippen LogP contribution is -2.40. The molecule has 0 aromatic carbocycles. The number of hydrogen-bond donors (Lipinski definition) is 0. The first-order valence-corrected chi connectivity index (χ1v) is 7.63. The third-order valence-corrected chi connectivity index (χ3v) is 4.35. The summed E-state index contributed by atoms with van der Waals surface area (Å²) in [6.45, 7) is 4.89. The lowest BCUT2D eigenvalue weighted by Gasteiger charge is -2.30. The SMILES string of the molecule is CC(C)C(=O)CC1CCCN(S(C)(=O)=O)C1. The van der Waals surface area contributed by atoms with Crippen molar-refractivity contribution < 1.29 is 13.2 Å². The van der Waals surface area contributed by atoms with Crippen LogP contribution in [0.25, 0.3) is 0 Å². The summed E-state index contributed by atoms with van der Waals surface area (Å²) in [6, 6.07) is 0. The molecule has 1 aliphatic heterocycles. The largest absolute Gasteiger partial charge is 0.299 e. The number of piperidine rings is 1. The Labute approximate surface area is 98.1 Å². The minimum Gasteiger partial charge on any atom is -0.299 e. The molecule has 5 heteroatoms. The number of nitrogens with zero attached hydrogens (tertiary/aromatic N) is 1. The second-order valence-electron chi connectivity index (χ2n) is 4.95. The smallest absolute Gasteiger partial charge is 0.211 e. The summed E-state index contributed by atoms with van der Waals surface area (Å²) in [7, 11) is -3.09. The molecule has 0 radical (unpaired) electrons. The van der Waals surface area contributed by atoms with Crippen LogP contribution in [0.1, 0.15) is 33.1 Å². The predicted octanol–water partition coefficient (Wildman–Crippen LogP) is 1.27. The Morgan fingerprint density at radius 2 is 2.06 bits per heavy atom. The molecule has 1 rings (SSSR count). The summed E-state index contributed by atoms with van der Waals surface area (Å²) in [5.41, 5.74) is 0. The van der Waals surface area contributed by atoms with Gasteiger partial charge in [-0.15, -0.1) is 0 Å². The van der Waals surface area contributed by atoms with Crippen LogP contribution in [0.4, 0.5) is 0 Å². The van der Waals surface area contributed by atoms with Gasteiger partial charge >= 0.3 is 0 Å². The van der Waals surface area contributed by atoms with Gasteiger partial charge in [-0.2, -0.15) is 0 Å². The monoisotopic (exact) mass is 247 g/mol. The molecule has 1 aliphatic rings. The molecule has 1 saturated heterocycles. The van der Waals surface area contributed by atoms with Gasteiger partial charge < -0.3 is 0 Å². The lowest BCUT2D eigenvalue weighted by atomic mass is 9.91. The summed E-state index contributed by atoms with van der Waals surface area (Å²) >= 11 is 0. The summed E-state index contributed by atoms with van der Waals surface area (Å²) in [4.78, 5) is 11.6. The second kappa shape index (κ2) is 5.27. The maximum Gasteiger partial charge on any atom is 0.211 e. The molecule has 1 fully saturated rings. The Bertz CT molecular complexity index is 348. The van der Waals surface area contributed by atoms with Crippen molar-refractivity contribution in [3.8, 4) is 0 Å². The van der Waals surface area contributed by atoms with E-state index in [0.29, 0.717) is 19.5 Å². The lowest BCUT2D eigenvalue weighted by molar-refractivity contribution is -0.123. The van der Waals surface area contributed by atoms with Crippen molar-refractivity contribution in [2.45, 2.75) is 33.1 Å². The van der Waals surface area contributed by atoms with E-state index in [0.717, 1.165) is 12.8 Å². The van der Waals surface area contributed by atoms with E-state index in [2.05, 4.69) is 0 Å². The van der Waals surface area contributed by atoms with Crippen molar-refractivity contribution in [2.75, 3.05) is 19.3 Å². The highest BCUT2D eigenvalue weighted by molar-refractivity contribution is 7.88. The standard InChI is InChI=1S/C11H21NO3S/c1-9(2)11(13)7-10-5-4-6-12(8-10)16(3,14)15/h9-10H,4-8H2,1-3H3. The van der Waals surface area contributed by atoms with Gasteiger partial charge in [0.1, 0.15) is 5.78 Å². The van der Waals surface area contributed by atoms with Crippen molar-refractivity contribution in [2.24, 2.45) is 11.8 Å². The van der Waals surface area contributed by atoms with Crippen LogP contribution in [-0.4, -0.2) is 37.9 Å². The fourth-order valence-corrected chi connectivity index (χ4v) is 2.96. The third-order valence-electron chi connectivity index (χ3n) is 3.08. The fraction of sp³-hybridized carbons (Fsp3) is 0.909. The van der Waals surface area contributed by atoms with Gasteiger partial charge in [-0.1, -0.05) is 13.8 Å². The van der Waals surface area contributed by atoms with E-state index in [4.69, 9.17) is 0 Å². The molecule has 0 aliphatic carbocycles. The minimum absolute atomic E-state index is 0.0496. The zero-order valence-corrected chi connectivity index (χ0v) is 11.1. The molecule has 1 unspecified atom stereocenters. The van der Waals surface area contributed by atoms with Crippen molar-refractivity contribution in [3.05, 3.63) is 0 Å². The van der Waals surface area contributed by atoms with Crippen LogP contribution in [0.5, 0.6) is 0 Å². The average molecular weight is 247 g/mol. The predicted molar refractivity (Wildman–Crippen MR) is 63.6 cm³/mol. The van der Waals surface area contributed by atoms with Gasteiger partial charge in [-0.3, -0.25) is 4.79 Å². The van der Waals surface area contributed by atoms with Crippen LogP contribution < -0.4 is 0 Å². The summed E-state index contributed by atoms with van der Waals surface area (Å²) in [5.74, 6) is 0.493. The van der Waals surface area contributed by atoms with Gasteiger partial charge in [-0.25, -0.2) is 12.7 Å². The van der Waals surface area contributed by atoms with Gasteiger partial charge in [0.15, 0.2) is 0 Å². The maximum absolute atomic E-state index is 11.6. The van der Waals surface area contributed by atoms with E-state index in [-0.39, 0.29) is 17.6 Å². The van der Waals surface area contributed by atoms with E-state index in [1.54, 1.807) is 0 Å². The van der Waals surface area contributed by atoms with Gasteiger partial charge in [0.05, 0.1) is 6.26 Å². The first-order chi connectivity index (χ1) is 7.30. The first kappa shape index (κ1) is 13.6. The number of Topliss-reactive ketones (excluding diaryl/α,β-unsaturated/α-hetero) is 1. The van der Waals surface area contributed by atoms with Crippen LogP contribution in [0.15, 0.2) is 0 Å². The average Bonchev–Trinajstić information content (AvgIpc) is 2.16. The van der Waals surface area contributed by atoms with E-state index < -0.39 is 10.0 Å². The van der Waals surface area contributed by atoms with Crippen LogP contribution >= 0.6 is 0 Å². The number of sulfonamides is 1. The van der Waals surface area contributed by atoms with Gasteiger partial charge in [0.2, 0.25) is 10.0 Å². The van der Waals surface area contributed by atoms with Crippen LogP contribution in [0.3, 0.4) is 0 Å². The van der Waals surface area contributed by atoms with Crippen LogP contribution in [0.2, 0.25) is 0 Å². The molecule has 1 atom stereocenters. The number of carbonyl (C=O) groups is 1. The highest BCUT2D eigenvalue weighted by atomic mass is 32.2. The molecule has 0 N–H and O–H groups in total. The zero-order valence-electron chi connectivity index (χ0n) is 10.3. The molecule has 0 aromatic rings. The fourth-order valence-electron chi connectivity index (χ4n) is 2.01. The Morgan fingerprint density at radius 1 is 1.44 bits per heavy atom. The number of ketones is 1. The zero-order chi connectivity index (χ0) is 12.3. The summed E-state index contributed by atoms with van der Waals surface area (Å²) < 4.78 is 24.3. The Hall–Kier alpha value is -0.420. The molecule has 94 valence electrons. The molecule has 0 aromatic heterocycles.